The highest BCUT2D eigenvalue weighted by molar-refractivity contribution is 9.10. The highest BCUT2D eigenvalue weighted by Crippen LogP contribution is 2.29. The molecule has 0 aromatic heterocycles. The van der Waals surface area contributed by atoms with E-state index in [1.165, 1.54) is 0 Å². The maximum atomic E-state index is 12.4. The molecule has 0 atom stereocenters. The van der Waals surface area contributed by atoms with E-state index >= 15 is 0 Å². The van der Waals surface area contributed by atoms with Crippen molar-refractivity contribution in [3.8, 4) is 5.75 Å². The van der Waals surface area contributed by atoms with Gasteiger partial charge < -0.3 is 10.1 Å². The van der Waals surface area contributed by atoms with Crippen LogP contribution in [-0.4, -0.2) is 12.5 Å². The van der Waals surface area contributed by atoms with Crippen LogP contribution >= 0.6 is 15.9 Å². The lowest BCUT2D eigenvalue weighted by Gasteiger charge is -2.16. The molecule has 0 aliphatic heterocycles. The van der Waals surface area contributed by atoms with Gasteiger partial charge in [-0.05, 0) is 53.6 Å². The van der Waals surface area contributed by atoms with Crippen LogP contribution in [0.1, 0.15) is 50.3 Å². The Bertz CT molecular complexity index is 718. The Balaban J connectivity index is 2.10. The van der Waals surface area contributed by atoms with Gasteiger partial charge in [-0.1, -0.05) is 61.8 Å². The number of nitrogens with one attached hydrogen (secondary N) is 1. The summed E-state index contributed by atoms with van der Waals surface area (Å²) in [5.41, 5.74) is 4.32. The lowest BCUT2D eigenvalue weighted by atomic mass is 10.0. The third-order valence-corrected chi connectivity index (χ3v) is 4.71. The molecular weight excluding hydrogens is 378 g/mol. The molecule has 0 saturated carbocycles. The lowest BCUT2D eigenvalue weighted by molar-refractivity contribution is -0.118. The first kappa shape index (κ1) is 19.5. The first-order chi connectivity index (χ1) is 12.0. The van der Waals surface area contributed by atoms with Gasteiger partial charge in [0.15, 0.2) is 6.61 Å². The molecule has 0 radical (unpaired) electrons. The van der Waals surface area contributed by atoms with Gasteiger partial charge in [0.05, 0.1) is 0 Å². The van der Waals surface area contributed by atoms with Crippen LogP contribution in [0.25, 0.3) is 0 Å². The average molecular weight is 404 g/mol. The molecule has 0 fully saturated rings. The van der Waals surface area contributed by atoms with Gasteiger partial charge in [-0.2, -0.15) is 0 Å². The number of hydrogen-bond donors (Lipinski definition) is 1. The normalized spacial score (nSPS) is 10.8. The van der Waals surface area contributed by atoms with E-state index in [0.29, 0.717) is 5.92 Å². The smallest absolute Gasteiger partial charge is 0.262 e. The fraction of sp³-hybridized carbons (Fsp3) is 0.381. The summed E-state index contributed by atoms with van der Waals surface area (Å²) in [6, 6.07) is 12.0. The van der Waals surface area contributed by atoms with Crippen molar-refractivity contribution in [3.63, 3.8) is 0 Å². The number of anilines is 1. The van der Waals surface area contributed by atoms with Crippen LogP contribution in [0.5, 0.6) is 5.75 Å². The second kappa shape index (κ2) is 9.04. The Morgan fingerprint density at radius 3 is 2.32 bits per heavy atom. The summed E-state index contributed by atoms with van der Waals surface area (Å²) >= 11 is 3.49. The number of halogens is 1. The predicted molar refractivity (Wildman–Crippen MR) is 108 cm³/mol. The Hall–Kier alpha value is -1.81. The van der Waals surface area contributed by atoms with E-state index in [0.717, 1.165) is 45.4 Å². The Kier molecular flexibility index (Phi) is 7.06. The Morgan fingerprint density at radius 1 is 1.12 bits per heavy atom. The largest absolute Gasteiger partial charge is 0.483 e. The number of ether oxygens (including phenoxy) is 1. The third-order valence-electron chi connectivity index (χ3n) is 4.22. The minimum atomic E-state index is -0.131. The second-order valence-corrected chi connectivity index (χ2v) is 7.25. The van der Waals surface area contributed by atoms with Crippen LogP contribution in [0.4, 0.5) is 5.69 Å². The third kappa shape index (κ3) is 5.08. The highest BCUT2D eigenvalue weighted by atomic mass is 79.9. The fourth-order valence-electron chi connectivity index (χ4n) is 2.82. The molecule has 0 aliphatic rings. The number of rotatable bonds is 7. The summed E-state index contributed by atoms with van der Waals surface area (Å²) < 4.78 is 6.81. The summed E-state index contributed by atoms with van der Waals surface area (Å²) in [6.07, 6.45) is 1.77. The number of aryl methyl sites for hydroxylation is 2. The zero-order valence-corrected chi connectivity index (χ0v) is 16.9. The predicted octanol–water partition coefficient (Wildman–Crippen LogP) is 5.71. The fourth-order valence-corrected chi connectivity index (χ4v) is 3.20. The molecule has 2 rings (SSSR count). The molecule has 0 spiro atoms. The molecule has 0 aliphatic carbocycles. The number of carbonyl (C=O) groups is 1. The van der Waals surface area contributed by atoms with Crippen LogP contribution in [0, 0.1) is 0 Å². The SMILES string of the molecule is CCc1cccc(CC)c1NC(=O)COc1ccc(Br)cc1C(C)C. The summed E-state index contributed by atoms with van der Waals surface area (Å²) in [5.74, 6) is 0.948. The summed E-state index contributed by atoms with van der Waals surface area (Å²) in [5, 5.41) is 3.04. The molecule has 0 unspecified atom stereocenters. The van der Waals surface area contributed by atoms with Crippen molar-refractivity contribution in [1.29, 1.82) is 0 Å². The number of carbonyl (C=O) groups excluding carboxylic acids is 1. The number of amides is 1. The molecule has 3 nitrogen and oxygen atoms in total. The first-order valence-corrected chi connectivity index (χ1v) is 9.58. The molecule has 1 N–H and O–H groups in total. The first-order valence-electron chi connectivity index (χ1n) is 8.79. The number of hydrogen-bond acceptors (Lipinski definition) is 2. The van der Waals surface area contributed by atoms with Gasteiger partial charge in [0, 0.05) is 10.2 Å². The van der Waals surface area contributed by atoms with Gasteiger partial charge in [-0.15, -0.1) is 0 Å². The number of benzene rings is 2. The van der Waals surface area contributed by atoms with Crippen LogP contribution in [0.2, 0.25) is 0 Å². The zero-order valence-electron chi connectivity index (χ0n) is 15.4. The maximum Gasteiger partial charge on any atom is 0.262 e. The van der Waals surface area contributed by atoms with Crippen LogP contribution in [0.15, 0.2) is 40.9 Å². The van der Waals surface area contributed by atoms with Crippen molar-refractivity contribution in [2.45, 2.75) is 46.5 Å². The number of para-hydroxylation sites is 1. The van der Waals surface area contributed by atoms with E-state index in [4.69, 9.17) is 4.74 Å². The van der Waals surface area contributed by atoms with Crippen molar-refractivity contribution in [2.75, 3.05) is 11.9 Å². The van der Waals surface area contributed by atoms with E-state index in [1.54, 1.807) is 0 Å². The molecule has 2 aromatic carbocycles. The molecule has 2 aromatic rings. The molecule has 0 saturated heterocycles. The molecule has 1 amide bonds. The molecule has 0 bridgehead atoms. The average Bonchev–Trinajstić information content (AvgIpc) is 2.60. The van der Waals surface area contributed by atoms with Gasteiger partial charge in [-0.25, -0.2) is 0 Å². The minimum Gasteiger partial charge on any atom is -0.483 e. The van der Waals surface area contributed by atoms with Gasteiger partial charge >= 0.3 is 0 Å². The highest BCUT2D eigenvalue weighted by Gasteiger charge is 2.13. The zero-order chi connectivity index (χ0) is 18.4. The lowest BCUT2D eigenvalue weighted by Crippen LogP contribution is -2.22. The van der Waals surface area contributed by atoms with Crippen molar-refractivity contribution in [2.24, 2.45) is 0 Å². The summed E-state index contributed by atoms with van der Waals surface area (Å²) in [7, 11) is 0. The molecule has 0 heterocycles. The summed E-state index contributed by atoms with van der Waals surface area (Å²) in [4.78, 5) is 12.4. The summed E-state index contributed by atoms with van der Waals surface area (Å²) in [6.45, 7) is 8.41. The van der Waals surface area contributed by atoms with Crippen molar-refractivity contribution >= 4 is 27.5 Å². The van der Waals surface area contributed by atoms with Crippen molar-refractivity contribution < 1.29 is 9.53 Å². The Labute approximate surface area is 158 Å². The van der Waals surface area contributed by atoms with E-state index < -0.39 is 0 Å². The quantitative estimate of drug-likeness (QED) is 0.642. The van der Waals surface area contributed by atoms with Crippen molar-refractivity contribution in [3.05, 3.63) is 57.6 Å². The monoisotopic (exact) mass is 403 g/mol. The van der Waals surface area contributed by atoms with Gasteiger partial charge in [0.1, 0.15) is 5.75 Å². The van der Waals surface area contributed by atoms with E-state index in [9.17, 15) is 4.79 Å². The van der Waals surface area contributed by atoms with E-state index in [-0.39, 0.29) is 12.5 Å². The Morgan fingerprint density at radius 2 is 1.76 bits per heavy atom. The second-order valence-electron chi connectivity index (χ2n) is 6.33. The molecule has 25 heavy (non-hydrogen) atoms. The van der Waals surface area contributed by atoms with Crippen molar-refractivity contribution in [1.82, 2.24) is 0 Å². The minimum absolute atomic E-state index is 0.00253. The van der Waals surface area contributed by atoms with E-state index in [1.807, 2.05) is 24.3 Å². The van der Waals surface area contributed by atoms with Crippen LogP contribution in [0.3, 0.4) is 0 Å². The molecular formula is C21H26BrNO2. The van der Waals surface area contributed by atoms with E-state index in [2.05, 4.69) is 61.1 Å². The molecule has 134 valence electrons. The molecule has 4 heteroatoms. The van der Waals surface area contributed by atoms with Gasteiger partial charge in [-0.3, -0.25) is 4.79 Å². The van der Waals surface area contributed by atoms with Crippen LogP contribution < -0.4 is 10.1 Å². The standard InChI is InChI=1S/C21H26BrNO2/c1-5-15-8-7-9-16(6-2)21(15)23-20(24)13-25-19-11-10-17(22)12-18(19)14(3)4/h7-12,14H,5-6,13H2,1-4H3,(H,23,24). The van der Waals surface area contributed by atoms with Crippen LogP contribution in [-0.2, 0) is 17.6 Å². The maximum absolute atomic E-state index is 12.4. The topological polar surface area (TPSA) is 38.3 Å². The van der Waals surface area contributed by atoms with Gasteiger partial charge in [0.25, 0.3) is 5.91 Å². The van der Waals surface area contributed by atoms with Gasteiger partial charge in [0.2, 0.25) is 0 Å².